The van der Waals surface area contributed by atoms with Gasteiger partial charge in [-0.2, -0.15) is 0 Å². The Kier molecular flexibility index (Phi) is 5.98. The molecule has 1 amide bonds. The number of carbonyl (C=O) groups excluding carboxylic acids is 2. The lowest BCUT2D eigenvalue weighted by molar-refractivity contribution is -0.140. The zero-order chi connectivity index (χ0) is 22.7. The Morgan fingerprint density at radius 2 is 1.72 bits per heavy atom. The van der Waals surface area contributed by atoms with E-state index >= 15 is 0 Å². The Balaban J connectivity index is 1.81. The SMILES string of the molecule is CCOc1ccc(C2/C(=C(\O)c3ccc(OC)cc3)C(=O)C(=O)N2Cc2ccco2)cc1. The van der Waals surface area contributed by atoms with Crippen molar-refractivity contribution < 1.29 is 28.6 Å². The Labute approximate surface area is 185 Å². The van der Waals surface area contributed by atoms with Crippen molar-refractivity contribution in [2.24, 2.45) is 0 Å². The first-order valence-electron chi connectivity index (χ1n) is 10.2. The zero-order valence-corrected chi connectivity index (χ0v) is 17.8. The molecule has 32 heavy (non-hydrogen) atoms. The summed E-state index contributed by atoms with van der Waals surface area (Å²) in [4.78, 5) is 27.4. The summed E-state index contributed by atoms with van der Waals surface area (Å²) in [5.41, 5.74) is 1.11. The maximum absolute atomic E-state index is 13.0. The highest BCUT2D eigenvalue weighted by atomic mass is 16.5. The quantitative estimate of drug-likeness (QED) is 0.339. The zero-order valence-electron chi connectivity index (χ0n) is 17.8. The summed E-state index contributed by atoms with van der Waals surface area (Å²) >= 11 is 0. The Morgan fingerprint density at radius 1 is 1.03 bits per heavy atom. The lowest BCUT2D eigenvalue weighted by Crippen LogP contribution is -2.29. The van der Waals surface area contributed by atoms with Gasteiger partial charge in [-0.1, -0.05) is 12.1 Å². The van der Waals surface area contributed by atoms with Crippen molar-refractivity contribution in [3.63, 3.8) is 0 Å². The van der Waals surface area contributed by atoms with Crippen LogP contribution in [0, 0.1) is 0 Å². The fraction of sp³-hybridized carbons (Fsp3) is 0.200. The molecule has 0 radical (unpaired) electrons. The van der Waals surface area contributed by atoms with Gasteiger partial charge in [-0.15, -0.1) is 0 Å². The van der Waals surface area contributed by atoms with Crippen molar-refractivity contribution in [2.45, 2.75) is 19.5 Å². The fourth-order valence-electron chi connectivity index (χ4n) is 3.78. The molecule has 1 fully saturated rings. The number of benzene rings is 2. The molecule has 4 rings (SSSR count). The number of furan rings is 1. The van der Waals surface area contributed by atoms with Crippen LogP contribution in [0.4, 0.5) is 0 Å². The van der Waals surface area contributed by atoms with Gasteiger partial charge in [0.15, 0.2) is 0 Å². The van der Waals surface area contributed by atoms with Gasteiger partial charge < -0.3 is 23.9 Å². The molecule has 7 heteroatoms. The standard InChI is InChI=1S/C25H23NO6/c1-3-31-19-12-6-16(7-13-19)22-21(23(27)17-8-10-18(30-2)11-9-17)24(28)25(29)26(22)15-20-5-4-14-32-20/h4-14,22,27H,3,15H2,1-2H3/b23-21+. The van der Waals surface area contributed by atoms with Crippen molar-refractivity contribution in [3.05, 3.63) is 89.4 Å². The van der Waals surface area contributed by atoms with Gasteiger partial charge in [-0.05, 0) is 61.0 Å². The van der Waals surface area contributed by atoms with Gasteiger partial charge in [0.05, 0.1) is 38.1 Å². The number of ketones is 1. The van der Waals surface area contributed by atoms with Crippen molar-refractivity contribution in [2.75, 3.05) is 13.7 Å². The smallest absolute Gasteiger partial charge is 0.296 e. The molecular weight excluding hydrogens is 410 g/mol. The van der Waals surface area contributed by atoms with Crippen molar-refractivity contribution in [3.8, 4) is 11.5 Å². The number of hydrogen-bond acceptors (Lipinski definition) is 6. The van der Waals surface area contributed by atoms with Crippen molar-refractivity contribution >= 4 is 17.4 Å². The highest BCUT2D eigenvalue weighted by Crippen LogP contribution is 2.40. The minimum Gasteiger partial charge on any atom is -0.507 e. The third-order valence-electron chi connectivity index (χ3n) is 5.32. The van der Waals surface area contributed by atoms with Gasteiger partial charge in [0.1, 0.15) is 23.0 Å². The largest absolute Gasteiger partial charge is 0.507 e. The third-order valence-corrected chi connectivity index (χ3v) is 5.32. The van der Waals surface area contributed by atoms with Gasteiger partial charge in [0, 0.05) is 5.56 Å². The van der Waals surface area contributed by atoms with Gasteiger partial charge in [0.2, 0.25) is 0 Å². The van der Waals surface area contributed by atoms with Crippen LogP contribution in [0.5, 0.6) is 11.5 Å². The van der Waals surface area contributed by atoms with E-state index in [0.717, 1.165) is 0 Å². The fourth-order valence-corrected chi connectivity index (χ4v) is 3.78. The second-order valence-electron chi connectivity index (χ2n) is 7.24. The molecule has 1 atom stereocenters. The van der Waals surface area contributed by atoms with E-state index in [9.17, 15) is 14.7 Å². The number of nitrogens with zero attached hydrogens (tertiary/aromatic N) is 1. The average Bonchev–Trinajstić information content (AvgIpc) is 3.42. The van der Waals surface area contributed by atoms with E-state index in [2.05, 4.69) is 0 Å². The summed E-state index contributed by atoms with van der Waals surface area (Å²) in [5.74, 6) is 0.135. The summed E-state index contributed by atoms with van der Waals surface area (Å²) in [5, 5.41) is 11.1. The van der Waals surface area contributed by atoms with Crippen LogP contribution >= 0.6 is 0 Å². The van der Waals surface area contributed by atoms with Crippen LogP contribution in [-0.2, 0) is 16.1 Å². The molecule has 1 N–H and O–H groups in total. The van der Waals surface area contributed by atoms with Crippen LogP contribution in [0.15, 0.2) is 76.9 Å². The minimum atomic E-state index is -0.780. The van der Waals surface area contributed by atoms with Crippen molar-refractivity contribution in [1.82, 2.24) is 4.90 Å². The molecule has 1 saturated heterocycles. The lowest BCUT2D eigenvalue weighted by atomic mass is 9.95. The van der Waals surface area contributed by atoms with E-state index in [0.29, 0.717) is 35.0 Å². The maximum atomic E-state index is 13.0. The van der Waals surface area contributed by atoms with Gasteiger partial charge in [-0.25, -0.2) is 0 Å². The molecule has 2 aromatic carbocycles. The number of ether oxygens (including phenoxy) is 2. The predicted octanol–water partition coefficient (Wildman–Crippen LogP) is 4.31. The van der Waals surface area contributed by atoms with Crippen LogP contribution in [0.25, 0.3) is 5.76 Å². The molecule has 7 nitrogen and oxygen atoms in total. The Bertz CT molecular complexity index is 1130. The Morgan fingerprint density at radius 3 is 2.31 bits per heavy atom. The molecule has 164 valence electrons. The average molecular weight is 433 g/mol. The van der Waals surface area contributed by atoms with Crippen molar-refractivity contribution in [1.29, 1.82) is 0 Å². The van der Waals surface area contributed by atoms with E-state index in [-0.39, 0.29) is 17.9 Å². The number of amides is 1. The summed E-state index contributed by atoms with van der Waals surface area (Å²) in [6, 6.07) is 16.5. The lowest BCUT2D eigenvalue weighted by Gasteiger charge is -2.24. The van der Waals surface area contributed by atoms with E-state index < -0.39 is 17.7 Å². The number of hydrogen-bond donors (Lipinski definition) is 1. The summed E-state index contributed by atoms with van der Waals surface area (Å²) in [7, 11) is 1.54. The maximum Gasteiger partial charge on any atom is 0.296 e. The highest BCUT2D eigenvalue weighted by Gasteiger charge is 2.46. The molecule has 0 spiro atoms. The number of Topliss-reactive ketones (excluding diaryl/α,β-unsaturated/α-hetero) is 1. The second kappa shape index (κ2) is 9.01. The number of likely N-dealkylation sites (tertiary alicyclic amines) is 1. The second-order valence-corrected chi connectivity index (χ2v) is 7.24. The van der Waals surface area contributed by atoms with E-state index in [1.807, 2.05) is 6.92 Å². The molecule has 1 aromatic heterocycles. The number of carbonyl (C=O) groups is 2. The topological polar surface area (TPSA) is 89.2 Å². The number of aliphatic hydroxyl groups is 1. The third kappa shape index (κ3) is 3.97. The summed E-state index contributed by atoms with van der Waals surface area (Å²) in [6.07, 6.45) is 1.51. The molecule has 0 bridgehead atoms. The van der Waals surface area contributed by atoms with Gasteiger partial charge >= 0.3 is 0 Å². The molecular formula is C25H23NO6. The molecule has 1 aliphatic heterocycles. The highest BCUT2D eigenvalue weighted by molar-refractivity contribution is 6.46. The normalized spacial score (nSPS) is 17.6. The molecule has 1 unspecified atom stereocenters. The summed E-state index contributed by atoms with van der Waals surface area (Å²) < 4.78 is 16.1. The van der Waals surface area contributed by atoms with Crippen LogP contribution in [-0.4, -0.2) is 35.4 Å². The monoisotopic (exact) mass is 433 g/mol. The van der Waals surface area contributed by atoms with Crippen LogP contribution < -0.4 is 9.47 Å². The van der Waals surface area contributed by atoms with Crippen LogP contribution in [0.2, 0.25) is 0 Å². The number of rotatable bonds is 7. The minimum absolute atomic E-state index is 0.0240. The summed E-state index contributed by atoms with van der Waals surface area (Å²) in [6.45, 7) is 2.50. The molecule has 2 heterocycles. The molecule has 3 aromatic rings. The van der Waals surface area contributed by atoms with E-state index in [1.165, 1.54) is 11.2 Å². The number of methoxy groups -OCH3 is 1. The van der Waals surface area contributed by atoms with E-state index in [1.54, 1.807) is 67.8 Å². The van der Waals surface area contributed by atoms with E-state index in [4.69, 9.17) is 13.9 Å². The van der Waals surface area contributed by atoms with Gasteiger partial charge in [-0.3, -0.25) is 9.59 Å². The predicted molar refractivity (Wildman–Crippen MR) is 117 cm³/mol. The molecule has 0 saturated carbocycles. The first kappa shape index (κ1) is 21.2. The molecule has 1 aliphatic rings. The van der Waals surface area contributed by atoms with Crippen LogP contribution in [0.3, 0.4) is 0 Å². The van der Waals surface area contributed by atoms with Gasteiger partial charge in [0.25, 0.3) is 11.7 Å². The molecule has 0 aliphatic carbocycles. The first-order chi connectivity index (χ1) is 15.5. The Hall–Kier alpha value is -4.00. The first-order valence-corrected chi connectivity index (χ1v) is 10.2. The number of aliphatic hydroxyl groups excluding tert-OH is 1. The van der Waals surface area contributed by atoms with Crippen LogP contribution in [0.1, 0.15) is 29.9 Å².